The molecule has 1 aliphatic heterocycles. The van der Waals surface area contributed by atoms with E-state index in [1.807, 2.05) is 36.4 Å². The molecule has 1 fully saturated rings. The van der Waals surface area contributed by atoms with Crippen molar-refractivity contribution in [3.63, 3.8) is 0 Å². The number of hydrogen-bond acceptors (Lipinski definition) is 5. The summed E-state index contributed by atoms with van der Waals surface area (Å²) >= 11 is 0. The topological polar surface area (TPSA) is 105 Å². The molecule has 0 radical (unpaired) electrons. The van der Waals surface area contributed by atoms with Crippen molar-refractivity contribution in [3.05, 3.63) is 59.7 Å². The lowest BCUT2D eigenvalue weighted by Crippen LogP contribution is -2.49. The third-order valence-corrected chi connectivity index (χ3v) is 6.02. The Labute approximate surface area is 186 Å². The number of rotatable bonds is 7. The van der Waals surface area contributed by atoms with Gasteiger partial charge in [-0.25, -0.2) is 4.79 Å². The summed E-state index contributed by atoms with van der Waals surface area (Å²) < 4.78 is 11.1. The van der Waals surface area contributed by atoms with Gasteiger partial charge in [0.25, 0.3) is 5.91 Å². The molecule has 1 saturated heterocycles. The van der Waals surface area contributed by atoms with Gasteiger partial charge in [0.15, 0.2) is 6.10 Å². The Hall–Kier alpha value is -3.39. The summed E-state index contributed by atoms with van der Waals surface area (Å²) in [7, 11) is 1.53. The number of nitrogens with zero attached hydrogens (tertiary/aromatic N) is 1. The molecule has 0 bridgehead atoms. The molecule has 32 heavy (non-hydrogen) atoms. The number of aliphatic carboxylic acids is 1. The Morgan fingerprint density at radius 2 is 1.72 bits per heavy atom. The lowest BCUT2D eigenvalue weighted by Gasteiger charge is -2.24. The van der Waals surface area contributed by atoms with Crippen molar-refractivity contribution < 1.29 is 29.0 Å². The van der Waals surface area contributed by atoms with Crippen LogP contribution in [0.2, 0.25) is 0 Å². The van der Waals surface area contributed by atoms with Crippen molar-refractivity contribution >= 4 is 18.0 Å². The van der Waals surface area contributed by atoms with Crippen LogP contribution in [0.4, 0.5) is 4.79 Å². The Balaban J connectivity index is 1.36. The number of fused-ring (bicyclic) bond motifs is 3. The van der Waals surface area contributed by atoms with Gasteiger partial charge in [0.2, 0.25) is 0 Å². The van der Waals surface area contributed by atoms with E-state index in [2.05, 4.69) is 17.4 Å². The van der Waals surface area contributed by atoms with E-state index in [-0.39, 0.29) is 31.4 Å². The molecule has 8 nitrogen and oxygen atoms in total. The molecule has 2 atom stereocenters. The molecular formula is C24H26N2O6. The largest absolute Gasteiger partial charge is 0.481 e. The normalized spacial score (nSPS) is 19.2. The molecule has 1 aliphatic carbocycles. The van der Waals surface area contributed by atoms with Crippen LogP contribution in [0.1, 0.15) is 29.9 Å². The van der Waals surface area contributed by atoms with Gasteiger partial charge in [0, 0.05) is 26.1 Å². The van der Waals surface area contributed by atoms with Gasteiger partial charge in [0.05, 0.1) is 12.5 Å². The van der Waals surface area contributed by atoms with Gasteiger partial charge in [-0.2, -0.15) is 0 Å². The van der Waals surface area contributed by atoms with Crippen LogP contribution >= 0.6 is 0 Å². The van der Waals surface area contributed by atoms with Crippen LogP contribution in [0.25, 0.3) is 11.1 Å². The summed E-state index contributed by atoms with van der Waals surface area (Å²) in [6, 6.07) is 15.7. The Bertz CT molecular complexity index is 978. The first kappa shape index (κ1) is 21.8. The minimum absolute atomic E-state index is 0.0486. The second-order valence-electron chi connectivity index (χ2n) is 8.06. The van der Waals surface area contributed by atoms with Crippen molar-refractivity contribution in [3.8, 4) is 11.1 Å². The van der Waals surface area contributed by atoms with Gasteiger partial charge >= 0.3 is 12.1 Å². The van der Waals surface area contributed by atoms with E-state index in [4.69, 9.17) is 14.6 Å². The van der Waals surface area contributed by atoms with Crippen molar-refractivity contribution in [2.45, 2.75) is 30.9 Å². The van der Waals surface area contributed by atoms with Gasteiger partial charge in [-0.05, 0) is 28.7 Å². The maximum absolute atomic E-state index is 12.6. The summed E-state index contributed by atoms with van der Waals surface area (Å²) in [5, 5.41) is 11.6. The van der Waals surface area contributed by atoms with Gasteiger partial charge in [-0.1, -0.05) is 48.5 Å². The number of benzene rings is 2. The molecule has 0 unspecified atom stereocenters. The number of nitrogens with one attached hydrogen (secondary N) is 1. The number of likely N-dealkylation sites (N-methyl/N-ethyl adjacent to an activating group) is 1. The Morgan fingerprint density at radius 3 is 2.34 bits per heavy atom. The van der Waals surface area contributed by atoms with Crippen molar-refractivity contribution in [2.24, 2.45) is 0 Å². The molecule has 0 aromatic heterocycles. The third kappa shape index (κ3) is 4.45. The fourth-order valence-corrected chi connectivity index (χ4v) is 4.36. The monoisotopic (exact) mass is 438 g/mol. The van der Waals surface area contributed by atoms with Crippen molar-refractivity contribution in [2.75, 3.05) is 26.8 Å². The Kier molecular flexibility index (Phi) is 6.41. The molecule has 4 rings (SSSR count). The van der Waals surface area contributed by atoms with Crippen LogP contribution in [0.15, 0.2) is 48.5 Å². The lowest BCUT2D eigenvalue weighted by molar-refractivity contribution is -0.142. The van der Waals surface area contributed by atoms with Crippen LogP contribution in [-0.2, 0) is 19.1 Å². The van der Waals surface area contributed by atoms with Gasteiger partial charge in [-0.15, -0.1) is 0 Å². The second-order valence-corrected chi connectivity index (χ2v) is 8.06. The highest BCUT2D eigenvalue weighted by molar-refractivity contribution is 5.83. The molecule has 0 spiro atoms. The first-order valence-electron chi connectivity index (χ1n) is 10.7. The molecule has 8 heteroatoms. The molecule has 168 valence electrons. The van der Waals surface area contributed by atoms with Crippen LogP contribution < -0.4 is 5.32 Å². The number of carbonyl (C=O) groups is 3. The molecule has 2 aliphatic rings. The smallest absolute Gasteiger partial charge is 0.407 e. The predicted octanol–water partition coefficient (Wildman–Crippen LogP) is 2.62. The summed E-state index contributed by atoms with van der Waals surface area (Å²) in [6.45, 7) is 0.591. The van der Waals surface area contributed by atoms with E-state index in [0.29, 0.717) is 13.0 Å². The standard InChI is InChI=1S/C24H26N2O6/c1-26(12-10-21(27)28)23(29)22-20(11-13-31-22)25-24(30)32-14-19-17-8-4-2-6-15(17)16-7-3-5-9-18(16)19/h2-9,19-20,22H,10-14H2,1H3,(H,25,30)(H,27,28)/t20-,22+/m0/s1. The number of ether oxygens (including phenoxy) is 2. The van der Waals surface area contributed by atoms with Gasteiger partial charge < -0.3 is 24.8 Å². The van der Waals surface area contributed by atoms with Crippen LogP contribution in [0, 0.1) is 0 Å². The lowest BCUT2D eigenvalue weighted by atomic mass is 9.98. The SMILES string of the molecule is CN(CCC(=O)O)C(=O)[C@@H]1OCC[C@@H]1NC(=O)OCC1c2ccccc2-c2ccccc21. The number of carboxylic acid groups (broad SMARTS) is 1. The molecule has 1 heterocycles. The Morgan fingerprint density at radius 1 is 1.09 bits per heavy atom. The highest BCUT2D eigenvalue weighted by atomic mass is 16.6. The van der Waals surface area contributed by atoms with E-state index in [1.165, 1.54) is 11.9 Å². The molecule has 2 aromatic rings. The molecule has 2 aromatic carbocycles. The highest BCUT2D eigenvalue weighted by Crippen LogP contribution is 2.44. The van der Waals surface area contributed by atoms with Gasteiger partial charge in [0.1, 0.15) is 6.61 Å². The van der Waals surface area contributed by atoms with E-state index >= 15 is 0 Å². The average molecular weight is 438 g/mol. The van der Waals surface area contributed by atoms with Crippen molar-refractivity contribution in [1.82, 2.24) is 10.2 Å². The number of hydrogen-bond donors (Lipinski definition) is 2. The zero-order chi connectivity index (χ0) is 22.7. The summed E-state index contributed by atoms with van der Waals surface area (Å²) in [5.41, 5.74) is 4.55. The van der Waals surface area contributed by atoms with Gasteiger partial charge in [-0.3, -0.25) is 9.59 Å². The second kappa shape index (κ2) is 9.40. The predicted molar refractivity (Wildman–Crippen MR) is 116 cm³/mol. The maximum Gasteiger partial charge on any atom is 0.407 e. The van der Waals surface area contributed by atoms with E-state index in [1.54, 1.807) is 0 Å². The third-order valence-electron chi connectivity index (χ3n) is 6.02. The summed E-state index contributed by atoms with van der Waals surface area (Å²) in [4.78, 5) is 37.2. The molecule has 0 saturated carbocycles. The quantitative estimate of drug-likeness (QED) is 0.689. The van der Waals surface area contributed by atoms with E-state index < -0.39 is 24.2 Å². The van der Waals surface area contributed by atoms with E-state index in [0.717, 1.165) is 22.3 Å². The van der Waals surface area contributed by atoms with Crippen LogP contribution in [-0.4, -0.2) is 66.9 Å². The molecular weight excluding hydrogens is 412 g/mol. The zero-order valence-electron chi connectivity index (χ0n) is 17.8. The fraction of sp³-hybridized carbons (Fsp3) is 0.375. The minimum atomic E-state index is -0.981. The number of carbonyl (C=O) groups excluding carboxylic acids is 2. The van der Waals surface area contributed by atoms with Crippen molar-refractivity contribution in [1.29, 1.82) is 0 Å². The summed E-state index contributed by atoms with van der Waals surface area (Å²) in [6.07, 6.45) is -1.13. The highest BCUT2D eigenvalue weighted by Gasteiger charge is 2.37. The first-order chi connectivity index (χ1) is 15.5. The average Bonchev–Trinajstić information content (AvgIpc) is 3.38. The van der Waals surface area contributed by atoms with Crippen LogP contribution in [0.5, 0.6) is 0 Å². The van der Waals surface area contributed by atoms with E-state index in [9.17, 15) is 14.4 Å². The number of carboxylic acids is 1. The number of amides is 2. The summed E-state index contributed by atoms with van der Waals surface area (Å²) in [5.74, 6) is -1.38. The maximum atomic E-state index is 12.6. The van der Waals surface area contributed by atoms with Crippen LogP contribution in [0.3, 0.4) is 0 Å². The minimum Gasteiger partial charge on any atom is -0.481 e. The zero-order valence-corrected chi connectivity index (χ0v) is 17.8. The molecule has 2 amide bonds. The number of alkyl carbamates (subject to hydrolysis) is 1. The first-order valence-corrected chi connectivity index (χ1v) is 10.7. The fourth-order valence-electron chi connectivity index (χ4n) is 4.36. The molecule has 2 N–H and O–H groups in total.